The van der Waals surface area contributed by atoms with Gasteiger partial charge in [-0.15, -0.1) is 0 Å². The third-order valence-electron chi connectivity index (χ3n) is 4.84. The number of carbonyl (C=O) groups excluding carboxylic acids is 1. The van der Waals surface area contributed by atoms with E-state index in [2.05, 4.69) is 9.88 Å². The normalized spacial score (nSPS) is 16.1. The molecule has 0 unspecified atom stereocenters. The molecule has 0 aliphatic carbocycles. The molecule has 27 heavy (non-hydrogen) atoms. The van der Waals surface area contributed by atoms with Crippen molar-refractivity contribution >= 4 is 29.2 Å². The molecule has 0 fully saturated rings. The number of fused-ring (bicyclic) bond motifs is 1. The van der Waals surface area contributed by atoms with Crippen LogP contribution in [0.5, 0.6) is 0 Å². The van der Waals surface area contributed by atoms with Crippen LogP contribution in [0.15, 0.2) is 66.9 Å². The zero-order valence-corrected chi connectivity index (χ0v) is 16.1. The lowest BCUT2D eigenvalue weighted by Crippen LogP contribution is -2.47. The number of rotatable bonds is 3. The Morgan fingerprint density at radius 2 is 1.85 bits per heavy atom. The summed E-state index contributed by atoms with van der Waals surface area (Å²) < 4.78 is 2.16. The van der Waals surface area contributed by atoms with Gasteiger partial charge in [-0.2, -0.15) is 0 Å². The van der Waals surface area contributed by atoms with Gasteiger partial charge in [0.15, 0.2) is 0 Å². The lowest BCUT2D eigenvalue weighted by molar-refractivity contribution is 0.168. The van der Waals surface area contributed by atoms with Crippen LogP contribution in [0, 0.1) is 0 Å². The summed E-state index contributed by atoms with van der Waals surface area (Å²) in [6.45, 7) is 1.84. The van der Waals surface area contributed by atoms with Gasteiger partial charge in [0.05, 0.1) is 0 Å². The highest BCUT2D eigenvalue weighted by Crippen LogP contribution is 2.37. The third-order valence-corrected chi connectivity index (χ3v) is 5.41. The maximum absolute atomic E-state index is 13.0. The fraction of sp³-hybridized carbons (Fsp3) is 0.190. The van der Waals surface area contributed by atoms with Gasteiger partial charge >= 0.3 is 6.03 Å². The van der Waals surface area contributed by atoms with Crippen LogP contribution >= 0.6 is 23.2 Å². The third kappa shape index (κ3) is 3.68. The number of urea groups is 1. The predicted octanol–water partition coefficient (Wildman–Crippen LogP) is 5.11. The molecule has 3 aromatic rings. The van der Waals surface area contributed by atoms with Gasteiger partial charge in [-0.1, -0.05) is 59.6 Å². The first-order valence-corrected chi connectivity index (χ1v) is 9.57. The second-order valence-corrected chi connectivity index (χ2v) is 7.38. The first-order chi connectivity index (χ1) is 13.1. The Bertz CT molecular complexity index is 955. The summed E-state index contributed by atoms with van der Waals surface area (Å²) in [5.41, 5.74) is 2.98. The number of halogens is 2. The number of benzene rings is 2. The average Bonchev–Trinajstić information content (AvgIpc) is 3.15. The van der Waals surface area contributed by atoms with E-state index in [9.17, 15) is 4.79 Å². The van der Waals surface area contributed by atoms with Crippen LogP contribution in [0.1, 0.15) is 22.9 Å². The minimum Gasteiger partial charge on any atom is -0.348 e. The lowest BCUT2D eigenvalue weighted by Gasteiger charge is -2.37. The predicted molar refractivity (Wildman–Crippen MR) is 108 cm³/mol. The van der Waals surface area contributed by atoms with Gasteiger partial charge in [-0.3, -0.25) is 0 Å². The Morgan fingerprint density at radius 3 is 2.63 bits per heavy atom. The van der Waals surface area contributed by atoms with Crippen molar-refractivity contribution in [3.05, 3.63) is 93.7 Å². The summed E-state index contributed by atoms with van der Waals surface area (Å²) in [4.78, 5) is 14.8. The minimum atomic E-state index is -0.255. The van der Waals surface area contributed by atoms with E-state index < -0.39 is 0 Å². The number of aromatic nitrogens is 1. The van der Waals surface area contributed by atoms with Crippen LogP contribution in [0.4, 0.5) is 4.79 Å². The summed E-state index contributed by atoms with van der Waals surface area (Å²) >= 11 is 12.6. The summed E-state index contributed by atoms with van der Waals surface area (Å²) in [6.07, 6.45) is 2.03. The maximum Gasteiger partial charge on any atom is 0.318 e. The summed E-state index contributed by atoms with van der Waals surface area (Å²) in [5, 5.41) is 4.17. The Morgan fingerprint density at radius 1 is 1.04 bits per heavy atom. The van der Waals surface area contributed by atoms with Crippen LogP contribution in [0.2, 0.25) is 10.0 Å². The molecule has 2 heterocycles. The quantitative estimate of drug-likeness (QED) is 0.652. The average molecular weight is 400 g/mol. The fourth-order valence-corrected chi connectivity index (χ4v) is 4.04. The molecule has 0 radical (unpaired) electrons. The van der Waals surface area contributed by atoms with Crippen molar-refractivity contribution in [2.24, 2.45) is 0 Å². The molecular weight excluding hydrogens is 381 g/mol. The van der Waals surface area contributed by atoms with Crippen molar-refractivity contribution in [3.63, 3.8) is 0 Å². The summed E-state index contributed by atoms with van der Waals surface area (Å²) in [7, 11) is 0. The molecule has 2 amide bonds. The molecule has 4 rings (SSSR count). The van der Waals surface area contributed by atoms with E-state index in [4.69, 9.17) is 23.2 Å². The number of amides is 2. The molecule has 2 aromatic carbocycles. The number of carbonyl (C=O) groups is 1. The molecule has 0 saturated carbocycles. The largest absolute Gasteiger partial charge is 0.348 e. The Balaban J connectivity index is 1.63. The van der Waals surface area contributed by atoms with Gasteiger partial charge in [-0.05, 0) is 35.4 Å². The zero-order valence-electron chi connectivity index (χ0n) is 14.6. The Labute approximate surface area is 168 Å². The van der Waals surface area contributed by atoms with E-state index in [0.717, 1.165) is 23.4 Å². The van der Waals surface area contributed by atoms with Crippen molar-refractivity contribution in [1.29, 1.82) is 0 Å². The number of hydrogen-bond acceptors (Lipinski definition) is 1. The smallest absolute Gasteiger partial charge is 0.318 e. The van der Waals surface area contributed by atoms with Crippen LogP contribution in [-0.4, -0.2) is 22.0 Å². The molecule has 0 bridgehead atoms. The SMILES string of the molecule is O=C(NCc1ccccc1)N1CCn2cccc2[C@H]1c1ccc(Cl)cc1Cl. The van der Waals surface area contributed by atoms with Crippen LogP contribution < -0.4 is 5.32 Å². The molecule has 6 heteroatoms. The second-order valence-electron chi connectivity index (χ2n) is 6.53. The van der Waals surface area contributed by atoms with E-state index in [0.29, 0.717) is 23.1 Å². The standard InChI is InChI=1S/C21H19Cl2N3O/c22-16-8-9-17(18(23)13-16)20-19-7-4-10-25(19)11-12-26(20)21(27)24-14-15-5-2-1-3-6-15/h1-10,13,20H,11-12,14H2,(H,24,27)/t20-/m1/s1. The highest BCUT2D eigenvalue weighted by molar-refractivity contribution is 6.35. The van der Waals surface area contributed by atoms with Crippen molar-refractivity contribution in [2.45, 2.75) is 19.1 Å². The molecular formula is C21H19Cl2N3O. The van der Waals surface area contributed by atoms with Crippen molar-refractivity contribution in [3.8, 4) is 0 Å². The Hall–Kier alpha value is -2.43. The first kappa shape index (κ1) is 18.0. The highest BCUT2D eigenvalue weighted by Gasteiger charge is 2.33. The molecule has 1 aromatic heterocycles. The van der Waals surface area contributed by atoms with Crippen LogP contribution in [-0.2, 0) is 13.1 Å². The second kappa shape index (κ2) is 7.67. The molecule has 0 saturated heterocycles. The fourth-order valence-electron chi connectivity index (χ4n) is 3.53. The molecule has 1 aliphatic heterocycles. The molecule has 0 spiro atoms. The monoisotopic (exact) mass is 399 g/mol. The minimum absolute atomic E-state index is 0.109. The van der Waals surface area contributed by atoms with E-state index in [1.165, 1.54) is 0 Å². The summed E-state index contributed by atoms with van der Waals surface area (Å²) in [5.74, 6) is 0. The van der Waals surface area contributed by atoms with E-state index in [1.807, 2.05) is 65.7 Å². The lowest BCUT2D eigenvalue weighted by atomic mass is 10.00. The molecule has 1 aliphatic rings. The molecule has 1 N–H and O–H groups in total. The first-order valence-electron chi connectivity index (χ1n) is 8.82. The molecule has 4 nitrogen and oxygen atoms in total. The van der Waals surface area contributed by atoms with E-state index in [1.54, 1.807) is 6.07 Å². The van der Waals surface area contributed by atoms with Crippen molar-refractivity contribution in [2.75, 3.05) is 6.54 Å². The topological polar surface area (TPSA) is 37.3 Å². The number of nitrogens with zero attached hydrogens (tertiary/aromatic N) is 2. The van der Waals surface area contributed by atoms with Gasteiger partial charge < -0.3 is 14.8 Å². The van der Waals surface area contributed by atoms with Crippen LogP contribution in [0.25, 0.3) is 0 Å². The van der Waals surface area contributed by atoms with Crippen LogP contribution in [0.3, 0.4) is 0 Å². The highest BCUT2D eigenvalue weighted by atomic mass is 35.5. The number of hydrogen-bond donors (Lipinski definition) is 1. The van der Waals surface area contributed by atoms with Gasteiger partial charge in [0, 0.05) is 41.6 Å². The van der Waals surface area contributed by atoms with Gasteiger partial charge in [0.1, 0.15) is 6.04 Å². The zero-order chi connectivity index (χ0) is 18.8. The van der Waals surface area contributed by atoms with E-state index >= 15 is 0 Å². The number of nitrogens with one attached hydrogen (secondary N) is 1. The maximum atomic E-state index is 13.0. The molecule has 1 atom stereocenters. The molecule has 138 valence electrons. The van der Waals surface area contributed by atoms with Crippen molar-refractivity contribution in [1.82, 2.24) is 14.8 Å². The Kier molecular flexibility index (Phi) is 5.10. The van der Waals surface area contributed by atoms with Gasteiger partial charge in [-0.25, -0.2) is 4.79 Å². The van der Waals surface area contributed by atoms with Gasteiger partial charge in [0.25, 0.3) is 0 Å². The van der Waals surface area contributed by atoms with Gasteiger partial charge in [0.2, 0.25) is 0 Å². The summed E-state index contributed by atoms with van der Waals surface area (Å²) in [6, 6.07) is 19.0. The van der Waals surface area contributed by atoms with E-state index in [-0.39, 0.29) is 12.1 Å². The van der Waals surface area contributed by atoms with Crippen molar-refractivity contribution < 1.29 is 4.79 Å².